The Morgan fingerprint density at radius 2 is 1.67 bits per heavy atom. The maximum absolute atomic E-state index is 12.8. The van der Waals surface area contributed by atoms with Crippen LogP contribution in [0, 0.1) is 5.92 Å². The molecule has 10 nitrogen and oxygen atoms in total. The predicted octanol–water partition coefficient (Wildman–Crippen LogP) is 7.46. The Balaban J connectivity index is 1.16. The van der Waals surface area contributed by atoms with E-state index in [0.717, 1.165) is 31.1 Å². The van der Waals surface area contributed by atoms with E-state index in [4.69, 9.17) is 18.9 Å². The summed E-state index contributed by atoms with van der Waals surface area (Å²) in [5, 5.41) is 6.48. The molecule has 0 radical (unpaired) electrons. The van der Waals surface area contributed by atoms with E-state index < -0.39 is 6.04 Å². The summed E-state index contributed by atoms with van der Waals surface area (Å²) in [5.74, 6) is 1.63. The molecule has 5 rings (SSSR count). The number of methoxy groups -OCH3 is 1. The number of aromatic nitrogens is 1. The van der Waals surface area contributed by atoms with Gasteiger partial charge in [-0.05, 0) is 93.0 Å². The summed E-state index contributed by atoms with van der Waals surface area (Å²) in [6.45, 7) is 4.30. The molecule has 0 aliphatic heterocycles. The van der Waals surface area contributed by atoms with Gasteiger partial charge in [0.15, 0.2) is 11.5 Å². The van der Waals surface area contributed by atoms with Gasteiger partial charge in [-0.15, -0.1) is 0 Å². The van der Waals surface area contributed by atoms with Gasteiger partial charge < -0.3 is 29.6 Å². The number of esters is 1. The van der Waals surface area contributed by atoms with Crippen LogP contribution < -0.4 is 24.8 Å². The lowest BCUT2D eigenvalue weighted by Gasteiger charge is -2.21. The van der Waals surface area contributed by atoms with Crippen LogP contribution in [0.5, 0.6) is 23.0 Å². The zero-order valence-electron chi connectivity index (χ0n) is 27.7. The van der Waals surface area contributed by atoms with E-state index in [-0.39, 0.29) is 42.8 Å². The third-order valence-electron chi connectivity index (χ3n) is 8.08. The van der Waals surface area contributed by atoms with E-state index in [9.17, 15) is 14.4 Å². The lowest BCUT2D eigenvalue weighted by Crippen LogP contribution is -2.43. The number of hydrogen-bond donors (Lipinski definition) is 2. The molecule has 0 bridgehead atoms. The quantitative estimate of drug-likeness (QED) is 0.100. The van der Waals surface area contributed by atoms with Gasteiger partial charge in [0.1, 0.15) is 23.6 Å². The van der Waals surface area contributed by atoms with E-state index in [2.05, 4.69) is 15.6 Å². The number of benzene rings is 3. The molecule has 252 valence electrons. The first kappa shape index (κ1) is 34.2. The van der Waals surface area contributed by atoms with Crippen LogP contribution in [0.15, 0.2) is 79.0 Å². The summed E-state index contributed by atoms with van der Waals surface area (Å²) in [5.41, 5.74) is 1.87. The normalized spacial score (nSPS) is 13.6. The minimum atomic E-state index is -0.652. The van der Waals surface area contributed by atoms with Gasteiger partial charge >= 0.3 is 5.97 Å². The van der Waals surface area contributed by atoms with Crippen molar-refractivity contribution >= 4 is 34.4 Å². The maximum atomic E-state index is 12.8. The Morgan fingerprint density at radius 1 is 0.917 bits per heavy atom. The Hall–Kier alpha value is -5.12. The molecule has 0 unspecified atom stereocenters. The molecule has 4 aromatic rings. The number of ether oxygens (including phenoxy) is 4. The van der Waals surface area contributed by atoms with Crippen LogP contribution in [0.3, 0.4) is 0 Å². The van der Waals surface area contributed by atoms with Gasteiger partial charge in [-0.25, -0.2) is 4.79 Å². The van der Waals surface area contributed by atoms with Crippen LogP contribution in [-0.4, -0.2) is 48.6 Å². The fraction of sp³-hybridized carbons (Fsp3) is 0.368. The van der Waals surface area contributed by atoms with Crippen molar-refractivity contribution < 1.29 is 33.3 Å². The maximum Gasteiger partial charge on any atom is 0.328 e. The first-order chi connectivity index (χ1) is 23.3. The van der Waals surface area contributed by atoms with Gasteiger partial charge in [0.25, 0.3) is 5.91 Å². The second-order valence-electron chi connectivity index (χ2n) is 12.3. The van der Waals surface area contributed by atoms with E-state index >= 15 is 0 Å². The lowest BCUT2D eigenvalue weighted by molar-refractivity contribution is -0.153. The number of hydrogen-bond acceptors (Lipinski definition) is 8. The molecule has 1 aromatic heterocycles. The molecule has 2 amide bonds. The van der Waals surface area contributed by atoms with E-state index in [0.29, 0.717) is 52.6 Å². The first-order valence-electron chi connectivity index (χ1n) is 16.5. The molecule has 1 aliphatic carbocycles. The van der Waals surface area contributed by atoms with Gasteiger partial charge in [-0.3, -0.25) is 14.6 Å². The second-order valence-corrected chi connectivity index (χ2v) is 12.3. The van der Waals surface area contributed by atoms with Crippen LogP contribution in [0.25, 0.3) is 10.9 Å². The van der Waals surface area contributed by atoms with E-state index in [1.54, 1.807) is 67.9 Å². The summed E-state index contributed by atoms with van der Waals surface area (Å²) >= 11 is 0. The molecule has 1 heterocycles. The number of rotatable bonds is 15. The van der Waals surface area contributed by atoms with Crippen molar-refractivity contribution in [2.24, 2.45) is 5.92 Å². The molecule has 3 aromatic carbocycles. The number of fused-ring (bicyclic) bond motifs is 1. The molecule has 1 fully saturated rings. The minimum absolute atomic E-state index is 0.0425. The number of nitrogens with zero attached hydrogens (tertiary/aromatic N) is 1. The van der Waals surface area contributed by atoms with Crippen molar-refractivity contribution in [3.05, 3.63) is 84.6 Å². The van der Waals surface area contributed by atoms with Crippen molar-refractivity contribution in [3.8, 4) is 23.0 Å². The largest absolute Gasteiger partial charge is 0.493 e. The number of pyridine rings is 1. The summed E-state index contributed by atoms with van der Waals surface area (Å²) in [6, 6.07) is 20.8. The molecule has 1 atom stereocenters. The van der Waals surface area contributed by atoms with Crippen molar-refractivity contribution in [2.75, 3.05) is 19.0 Å². The zero-order valence-corrected chi connectivity index (χ0v) is 27.7. The predicted molar refractivity (Wildman–Crippen MR) is 184 cm³/mol. The number of amides is 2. The van der Waals surface area contributed by atoms with Crippen LogP contribution in [0.2, 0.25) is 0 Å². The number of carbonyl (C=O) groups is 3. The van der Waals surface area contributed by atoms with Gasteiger partial charge in [0.2, 0.25) is 5.91 Å². The van der Waals surface area contributed by atoms with Gasteiger partial charge in [-0.1, -0.05) is 32.0 Å². The topological polar surface area (TPSA) is 125 Å². The van der Waals surface area contributed by atoms with Crippen molar-refractivity contribution in [3.63, 3.8) is 0 Å². The van der Waals surface area contributed by atoms with Crippen LogP contribution in [-0.2, 0) is 14.3 Å². The van der Waals surface area contributed by atoms with Crippen LogP contribution in [0.4, 0.5) is 5.69 Å². The van der Waals surface area contributed by atoms with Gasteiger partial charge in [0.05, 0.1) is 19.2 Å². The van der Waals surface area contributed by atoms with E-state index in [1.807, 2.05) is 32.0 Å². The summed E-state index contributed by atoms with van der Waals surface area (Å²) in [7, 11) is 1.56. The highest BCUT2D eigenvalue weighted by molar-refractivity contribution is 6.04. The molecular formula is C38H43N3O7. The Bertz CT molecular complexity index is 1690. The van der Waals surface area contributed by atoms with E-state index in [1.165, 1.54) is 0 Å². The third kappa shape index (κ3) is 9.47. The van der Waals surface area contributed by atoms with Crippen molar-refractivity contribution in [2.45, 2.75) is 70.9 Å². The molecule has 48 heavy (non-hydrogen) atoms. The second kappa shape index (κ2) is 16.6. The molecule has 0 spiro atoms. The fourth-order valence-corrected chi connectivity index (χ4v) is 5.64. The number of nitrogens with one attached hydrogen (secondary N) is 2. The summed E-state index contributed by atoms with van der Waals surface area (Å²) in [6.07, 6.45) is 6.69. The van der Waals surface area contributed by atoms with Gasteiger partial charge in [0, 0.05) is 35.3 Å². The SMILES string of the molecule is COc1cc2c(Oc3ccc(NC(=O)c4ccccc4)cc3)ccnc2cc1OCCCC(=O)N[C@@H](CC(C)C)C(=O)OC1CCCC1. The third-order valence-corrected chi connectivity index (χ3v) is 8.08. The fourth-order valence-electron chi connectivity index (χ4n) is 5.64. The monoisotopic (exact) mass is 653 g/mol. The molecule has 1 aliphatic rings. The first-order valence-corrected chi connectivity index (χ1v) is 16.5. The van der Waals surface area contributed by atoms with Gasteiger partial charge in [-0.2, -0.15) is 0 Å². The Labute approximate surface area is 281 Å². The minimum Gasteiger partial charge on any atom is -0.493 e. The molecule has 10 heteroatoms. The Morgan fingerprint density at radius 3 is 2.38 bits per heavy atom. The molecule has 1 saturated carbocycles. The number of carbonyl (C=O) groups excluding carboxylic acids is 3. The molecule has 0 saturated heterocycles. The van der Waals surface area contributed by atoms with Crippen molar-refractivity contribution in [1.82, 2.24) is 10.3 Å². The molecule has 2 N–H and O–H groups in total. The van der Waals surface area contributed by atoms with Crippen molar-refractivity contribution in [1.29, 1.82) is 0 Å². The van der Waals surface area contributed by atoms with Crippen LogP contribution >= 0.6 is 0 Å². The average molecular weight is 654 g/mol. The zero-order chi connectivity index (χ0) is 33.9. The lowest BCUT2D eigenvalue weighted by atomic mass is 10.0. The molecular weight excluding hydrogens is 610 g/mol. The highest BCUT2D eigenvalue weighted by Gasteiger charge is 2.27. The number of anilines is 1. The highest BCUT2D eigenvalue weighted by Crippen LogP contribution is 2.37. The Kier molecular flexibility index (Phi) is 11.9. The summed E-state index contributed by atoms with van der Waals surface area (Å²) < 4.78 is 23.5. The van der Waals surface area contributed by atoms with Crippen LogP contribution in [0.1, 0.15) is 69.2 Å². The summed E-state index contributed by atoms with van der Waals surface area (Å²) in [4.78, 5) is 42.5. The smallest absolute Gasteiger partial charge is 0.328 e. The average Bonchev–Trinajstić information content (AvgIpc) is 3.60. The highest BCUT2D eigenvalue weighted by atomic mass is 16.5. The standard InChI is InChI=1S/C38H43N3O7/c1-25(2)22-32(38(44)48-28-12-7-8-13-28)41-36(42)14-9-21-46-35-24-31-30(23-34(35)45-3)33(19-20-39-31)47-29-17-15-27(16-18-29)40-37(43)26-10-5-4-6-11-26/h4-6,10-11,15-20,23-25,28,32H,7-9,12-14,21-22H2,1-3H3,(H,40,43)(H,41,42)/t32-/m0/s1.